The minimum absolute atomic E-state index is 0.0952. The number of rotatable bonds is 5. The lowest BCUT2D eigenvalue weighted by molar-refractivity contribution is -0.122. The van der Waals surface area contributed by atoms with Gasteiger partial charge in [-0.3, -0.25) is 9.69 Å². The van der Waals surface area contributed by atoms with Gasteiger partial charge in [0.05, 0.1) is 12.7 Å². The van der Waals surface area contributed by atoms with Crippen molar-refractivity contribution >= 4 is 17.5 Å². The molecule has 0 bridgehead atoms. The average Bonchev–Trinajstić information content (AvgIpc) is 3.20. The molecule has 25 heavy (non-hydrogen) atoms. The van der Waals surface area contributed by atoms with Crippen LogP contribution in [0, 0.1) is 5.41 Å². The maximum Gasteiger partial charge on any atom is 0.220 e. The van der Waals surface area contributed by atoms with Gasteiger partial charge in [0, 0.05) is 36.6 Å². The highest BCUT2D eigenvalue weighted by Crippen LogP contribution is 2.48. The Hall–Kier alpha value is -1.10. The summed E-state index contributed by atoms with van der Waals surface area (Å²) in [6, 6.07) is 8.61. The molecule has 2 saturated heterocycles. The van der Waals surface area contributed by atoms with E-state index in [9.17, 15) is 4.79 Å². The summed E-state index contributed by atoms with van der Waals surface area (Å²) in [5, 5.41) is 4.00. The number of nitrogens with zero attached hydrogens (tertiary/aromatic N) is 1. The molecule has 0 spiro atoms. The second kappa shape index (κ2) is 6.90. The summed E-state index contributed by atoms with van der Waals surface area (Å²) in [5.74, 6) is 0.216. The number of benzene rings is 1. The second-order valence-electron chi connectivity index (χ2n) is 8.29. The van der Waals surface area contributed by atoms with Crippen molar-refractivity contribution in [1.82, 2.24) is 10.2 Å². The van der Waals surface area contributed by atoms with Crippen LogP contribution in [0.15, 0.2) is 24.3 Å². The van der Waals surface area contributed by atoms with Gasteiger partial charge in [-0.1, -0.05) is 30.7 Å². The fourth-order valence-electron chi connectivity index (χ4n) is 4.04. The van der Waals surface area contributed by atoms with E-state index < -0.39 is 0 Å². The molecule has 1 amide bonds. The molecule has 1 aromatic rings. The van der Waals surface area contributed by atoms with Crippen LogP contribution in [0.5, 0.6) is 0 Å². The van der Waals surface area contributed by atoms with Gasteiger partial charge >= 0.3 is 0 Å². The Kier molecular flexibility index (Phi) is 4.78. The summed E-state index contributed by atoms with van der Waals surface area (Å²) in [6.45, 7) is 4.83. The van der Waals surface area contributed by atoms with Crippen molar-refractivity contribution in [2.45, 2.75) is 57.2 Å². The number of carbonyl (C=O) groups is 1. The van der Waals surface area contributed by atoms with Crippen molar-refractivity contribution < 1.29 is 9.53 Å². The third-order valence-corrected chi connectivity index (χ3v) is 6.34. The molecule has 136 valence electrons. The van der Waals surface area contributed by atoms with Crippen LogP contribution in [-0.2, 0) is 9.53 Å². The van der Waals surface area contributed by atoms with Crippen LogP contribution >= 0.6 is 11.6 Å². The van der Waals surface area contributed by atoms with Crippen LogP contribution in [0.4, 0.5) is 0 Å². The van der Waals surface area contributed by atoms with Crippen molar-refractivity contribution in [3.63, 3.8) is 0 Å². The van der Waals surface area contributed by atoms with E-state index in [0.717, 1.165) is 37.6 Å². The first-order chi connectivity index (χ1) is 12.0. The predicted octanol–water partition coefficient (Wildman–Crippen LogP) is 3.55. The molecule has 0 aromatic heterocycles. The van der Waals surface area contributed by atoms with Gasteiger partial charge in [-0.25, -0.2) is 0 Å². The molecule has 0 radical (unpaired) electrons. The Morgan fingerprint density at radius 3 is 2.80 bits per heavy atom. The summed E-state index contributed by atoms with van der Waals surface area (Å²) in [6.07, 6.45) is 5.35. The van der Waals surface area contributed by atoms with Crippen LogP contribution in [-0.4, -0.2) is 42.6 Å². The van der Waals surface area contributed by atoms with Crippen LogP contribution in [0.1, 0.15) is 50.7 Å². The lowest BCUT2D eigenvalue weighted by atomic mass is 10.0. The second-order valence-corrected chi connectivity index (χ2v) is 8.73. The first kappa shape index (κ1) is 17.3. The minimum atomic E-state index is 0.0952. The number of amides is 1. The zero-order valence-electron chi connectivity index (χ0n) is 14.8. The first-order valence-corrected chi connectivity index (χ1v) is 9.79. The van der Waals surface area contributed by atoms with Gasteiger partial charge < -0.3 is 10.1 Å². The van der Waals surface area contributed by atoms with E-state index in [2.05, 4.69) is 17.1 Å². The van der Waals surface area contributed by atoms with Crippen LogP contribution < -0.4 is 5.32 Å². The van der Waals surface area contributed by atoms with E-state index in [1.807, 2.05) is 24.3 Å². The number of morpholine rings is 1. The van der Waals surface area contributed by atoms with E-state index in [4.69, 9.17) is 16.3 Å². The molecule has 1 saturated carbocycles. The monoisotopic (exact) mass is 362 g/mol. The Labute approximate surface area is 154 Å². The molecule has 2 heterocycles. The number of halogens is 1. The van der Waals surface area contributed by atoms with Crippen molar-refractivity contribution in [2.24, 2.45) is 5.41 Å². The minimum Gasteiger partial charge on any atom is -0.371 e. The lowest BCUT2D eigenvalue weighted by Crippen LogP contribution is -2.43. The Morgan fingerprint density at radius 2 is 2.08 bits per heavy atom. The van der Waals surface area contributed by atoms with Gasteiger partial charge in [0.25, 0.3) is 0 Å². The molecule has 3 fully saturated rings. The van der Waals surface area contributed by atoms with Crippen LogP contribution in [0.25, 0.3) is 0 Å². The Balaban J connectivity index is 1.28. The van der Waals surface area contributed by atoms with E-state index in [-0.39, 0.29) is 18.1 Å². The van der Waals surface area contributed by atoms with Gasteiger partial charge in [0.2, 0.25) is 5.91 Å². The van der Waals surface area contributed by atoms with Gasteiger partial charge in [0.1, 0.15) is 0 Å². The van der Waals surface area contributed by atoms with Gasteiger partial charge in [0.15, 0.2) is 0 Å². The molecule has 1 N–H and O–H groups in total. The quantitative estimate of drug-likeness (QED) is 0.870. The van der Waals surface area contributed by atoms with Gasteiger partial charge in [-0.05, 0) is 48.8 Å². The molecule has 5 heteroatoms. The fourth-order valence-corrected chi connectivity index (χ4v) is 4.16. The van der Waals surface area contributed by atoms with Gasteiger partial charge in [-0.15, -0.1) is 0 Å². The standard InChI is InChI=1S/C20H27ClN2O2/c1-20(8-9-20)7-6-19(24)22-16-10-17-13-25-18(12-23(17)11-16)14-2-4-15(21)5-3-14/h2-5,16-18H,6-13H2,1H3,(H,22,24)/t16-,17+,18-/m1/s1. The highest BCUT2D eigenvalue weighted by Gasteiger charge is 2.39. The van der Waals surface area contributed by atoms with E-state index in [1.54, 1.807) is 0 Å². The Bertz CT molecular complexity index is 629. The van der Waals surface area contributed by atoms with E-state index in [0.29, 0.717) is 17.9 Å². The molecule has 1 aromatic carbocycles. The van der Waals surface area contributed by atoms with E-state index in [1.165, 1.54) is 18.4 Å². The van der Waals surface area contributed by atoms with E-state index >= 15 is 0 Å². The third-order valence-electron chi connectivity index (χ3n) is 6.08. The topological polar surface area (TPSA) is 41.6 Å². The van der Waals surface area contributed by atoms with Crippen LogP contribution in [0.3, 0.4) is 0 Å². The zero-order chi connectivity index (χ0) is 17.4. The normalized spacial score (nSPS) is 30.7. The maximum atomic E-state index is 12.2. The largest absolute Gasteiger partial charge is 0.371 e. The third kappa shape index (κ3) is 4.18. The van der Waals surface area contributed by atoms with Crippen molar-refractivity contribution in [2.75, 3.05) is 19.7 Å². The zero-order valence-corrected chi connectivity index (χ0v) is 15.6. The number of fused-ring (bicyclic) bond motifs is 1. The summed E-state index contributed by atoms with van der Waals surface area (Å²) >= 11 is 5.97. The van der Waals surface area contributed by atoms with Gasteiger partial charge in [-0.2, -0.15) is 0 Å². The number of ether oxygens (including phenoxy) is 1. The SMILES string of the molecule is CC1(CCC(=O)N[C@@H]2C[C@H]3CO[C@@H](c4ccc(Cl)cc4)CN3C2)CC1. The van der Waals surface area contributed by atoms with Crippen molar-refractivity contribution in [3.05, 3.63) is 34.9 Å². The van der Waals surface area contributed by atoms with Crippen molar-refractivity contribution in [3.8, 4) is 0 Å². The van der Waals surface area contributed by atoms with Crippen LogP contribution in [0.2, 0.25) is 5.02 Å². The smallest absolute Gasteiger partial charge is 0.220 e. The number of hydrogen-bond acceptors (Lipinski definition) is 3. The first-order valence-electron chi connectivity index (χ1n) is 9.41. The lowest BCUT2D eigenvalue weighted by Gasteiger charge is -2.35. The molecule has 4 nitrogen and oxygen atoms in total. The highest BCUT2D eigenvalue weighted by molar-refractivity contribution is 6.30. The number of nitrogens with one attached hydrogen (secondary N) is 1. The summed E-state index contributed by atoms with van der Waals surface area (Å²) in [4.78, 5) is 14.7. The number of carbonyl (C=O) groups excluding carboxylic acids is 1. The molecule has 4 rings (SSSR count). The van der Waals surface area contributed by atoms with Crippen molar-refractivity contribution in [1.29, 1.82) is 0 Å². The number of hydrogen-bond donors (Lipinski definition) is 1. The maximum absolute atomic E-state index is 12.2. The fraction of sp³-hybridized carbons (Fsp3) is 0.650. The highest BCUT2D eigenvalue weighted by atomic mass is 35.5. The summed E-state index contributed by atoms with van der Waals surface area (Å²) in [5.41, 5.74) is 1.62. The predicted molar refractivity (Wildman–Crippen MR) is 98.6 cm³/mol. The summed E-state index contributed by atoms with van der Waals surface area (Å²) in [7, 11) is 0. The molecule has 3 atom stereocenters. The molecular weight excluding hydrogens is 336 g/mol. The molecule has 0 unspecified atom stereocenters. The molecular formula is C20H27ClN2O2. The molecule has 3 aliphatic rings. The average molecular weight is 363 g/mol. The summed E-state index contributed by atoms with van der Waals surface area (Å²) < 4.78 is 6.07. The molecule has 1 aliphatic carbocycles. The molecule has 2 aliphatic heterocycles. The Morgan fingerprint density at radius 1 is 1.32 bits per heavy atom.